The second-order valence-corrected chi connectivity index (χ2v) is 4.97. The lowest BCUT2D eigenvalue weighted by Crippen LogP contribution is -2.60. The molecule has 0 atom stereocenters. The molecule has 0 radical (unpaired) electrons. The Morgan fingerprint density at radius 3 is 2.05 bits per heavy atom. The van der Waals surface area contributed by atoms with Crippen molar-refractivity contribution >= 4 is 11.8 Å². The zero-order valence-electron chi connectivity index (χ0n) is 11.8. The molecule has 0 aromatic heterocycles. The van der Waals surface area contributed by atoms with Crippen LogP contribution in [0.2, 0.25) is 0 Å². The fourth-order valence-corrected chi connectivity index (χ4v) is 2.02. The van der Waals surface area contributed by atoms with Crippen LogP contribution >= 0.6 is 0 Å². The molecule has 0 aromatic carbocycles. The summed E-state index contributed by atoms with van der Waals surface area (Å²) in [5, 5.41) is 0. The third kappa shape index (κ3) is 2.26. The van der Waals surface area contributed by atoms with Gasteiger partial charge in [-0.05, 0) is 18.6 Å². The molecule has 2 rings (SSSR count). The van der Waals surface area contributed by atoms with Crippen molar-refractivity contribution in [1.82, 2.24) is 9.80 Å². The Hall–Kier alpha value is -2.00. The molecule has 2 aliphatic heterocycles. The summed E-state index contributed by atoms with van der Waals surface area (Å²) in [4.78, 5) is 8.04. The molecule has 4 nitrogen and oxygen atoms in total. The van der Waals surface area contributed by atoms with E-state index < -0.39 is 29.8 Å². The van der Waals surface area contributed by atoms with Gasteiger partial charge >= 0.3 is 18.0 Å². The number of amidine groups is 1. The molecule has 2 heterocycles. The van der Waals surface area contributed by atoms with Crippen LogP contribution in [-0.4, -0.2) is 53.7 Å². The van der Waals surface area contributed by atoms with Crippen LogP contribution in [0.3, 0.4) is 0 Å². The molecule has 0 N–H and O–H groups in total. The second-order valence-electron chi connectivity index (χ2n) is 4.97. The van der Waals surface area contributed by atoms with Crippen molar-refractivity contribution in [2.75, 3.05) is 14.1 Å². The van der Waals surface area contributed by atoms with Gasteiger partial charge in [0.2, 0.25) is 5.96 Å². The first-order valence-electron chi connectivity index (χ1n) is 6.06. The van der Waals surface area contributed by atoms with E-state index >= 15 is 0 Å². The van der Waals surface area contributed by atoms with E-state index in [0.29, 0.717) is 0 Å². The van der Waals surface area contributed by atoms with E-state index in [0.717, 1.165) is 9.80 Å². The number of rotatable bonds is 0. The Bertz CT molecular complexity index is 580. The minimum Gasteiger partial charge on any atom is -0.348 e. The Morgan fingerprint density at radius 1 is 1.05 bits per heavy atom. The monoisotopic (exact) mass is 326 g/mol. The summed E-state index contributed by atoms with van der Waals surface area (Å²) in [6.45, 7) is 1.38. The van der Waals surface area contributed by atoms with E-state index in [1.807, 2.05) is 0 Å². The number of nitrogens with zero attached hydrogens (tertiary/aromatic N) is 4. The van der Waals surface area contributed by atoms with Gasteiger partial charge in [0.15, 0.2) is 0 Å². The van der Waals surface area contributed by atoms with Crippen LogP contribution in [0.15, 0.2) is 33.9 Å². The maximum Gasteiger partial charge on any atom is 0.443 e. The van der Waals surface area contributed by atoms with Crippen molar-refractivity contribution in [2.24, 2.45) is 9.98 Å². The number of hydrogen-bond acceptors (Lipinski definition) is 4. The van der Waals surface area contributed by atoms with Gasteiger partial charge in [0.05, 0.1) is 0 Å². The average Bonchev–Trinajstić information content (AvgIpc) is 2.35. The molecule has 122 valence electrons. The highest BCUT2D eigenvalue weighted by Crippen LogP contribution is 2.49. The minimum absolute atomic E-state index is 0.176. The molecule has 2 aliphatic rings. The summed E-state index contributed by atoms with van der Waals surface area (Å²) in [5.41, 5.74) is -4.33. The first kappa shape index (κ1) is 16.4. The van der Waals surface area contributed by atoms with Crippen LogP contribution in [0.25, 0.3) is 0 Å². The lowest BCUT2D eigenvalue weighted by atomic mass is 10.1. The third-order valence-corrected chi connectivity index (χ3v) is 3.10. The number of halogens is 6. The summed E-state index contributed by atoms with van der Waals surface area (Å²) in [7, 11) is 2.61. The van der Waals surface area contributed by atoms with Crippen molar-refractivity contribution in [3.8, 4) is 0 Å². The second kappa shape index (κ2) is 4.75. The summed E-state index contributed by atoms with van der Waals surface area (Å²) < 4.78 is 79.2. The molecule has 0 saturated carbocycles. The maximum absolute atomic E-state index is 13.2. The van der Waals surface area contributed by atoms with Gasteiger partial charge in [0.1, 0.15) is 5.84 Å². The number of allylic oxidation sites excluding steroid dienone is 2. The molecular formula is C12H12F6N4. The van der Waals surface area contributed by atoms with Crippen molar-refractivity contribution < 1.29 is 26.3 Å². The molecule has 0 spiro atoms. The van der Waals surface area contributed by atoms with Crippen LogP contribution in [0.4, 0.5) is 26.3 Å². The smallest absolute Gasteiger partial charge is 0.348 e. The van der Waals surface area contributed by atoms with Crippen molar-refractivity contribution in [3.05, 3.63) is 23.9 Å². The highest BCUT2D eigenvalue weighted by molar-refractivity contribution is 6.11. The van der Waals surface area contributed by atoms with Gasteiger partial charge in [-0.15, -0.1) is 0 Å². The van der Waals surface area contributed by atoms with Gasteiger partial charge in [0, 0.05) is 20.3 Å². The van der Waals surface area contributed by atoms with Crippen LogP contribution in [-0.2, 0) is 0 Å². The first-order chi connectivity index (χ1) is 9.91. The summed E-state index contributed by atoms with van der Waals surface area (Å²) >= 11 is 0. The van der Waals surface area contributed by atoms with Gasteiger partial charge in [0.25, 0.3) is 0 Å². The van der Waals surface area contributed by atoms with E-state index in [9.17, 15) is 26.3 Å². The Kier molecular flexibility index (Phi) is 3.53. The highest BCUT2D eigenvalue weighted by atomic mass is 19.4. The van der Waals surface area contributed by atoms with Gasteiger partial charge < -0.3 is 4.90 Å². The van der Waals surface area contributed by atoms with Gasteiger partial charge in [-0.3, -0.25) is 4.90 Å². The van der Waals surface area contributed by atoms with Crippen LogP contribution < -0.4 is 0 Å². The largest absolute Gasteiger partial charge is 0.443 e. The number of guanidine groups is 1. The number of hydrogen-bond donors (Lipinski definition) is 0. The first-order valence-corrected chi connectivity index (χ1v) is 6.06. The molecule has 22 heavy (non-hydrogen) atoms. The highest BCUT2D eigenvalue weighted by Gasteiger charge is 2.74. The normalized spacial score (nSPS) is 21.0. The fourth-order valence-electron chi connectivity index (χ4n) is 2.02. The summed E-state index contributed by atoms with van der Waals surface area (Å²) in [6, 6.07) is 0. The van der Waals surface area contributed by atoms with E-state index in [2.05, 4.69) is 9.98 Å². The maximum atomic E-state index is 13.2. The van der Waals surface area contributed by atoms with Gasteiger partial charge in [-0.1, -0.05) is 6.08 Å². The Labute approximate surface area is 122 Å². The van der Waals surface area contributed by atoms with E-state index in [1.165, 1.54) is 39.4 Å². The van der Waals surface area contributed by atoms with E-state index in [4.69, 9.17) is 0 Å². The topological polar surface area (TPSA) is 31.2 Å². The number of alkyl halides is 6. The fraction of sp³-hybridized carbons (Fsp3) is 0.500. The molecule has 0 bridgehead atoms. The standard InChI is InChI=1S/C12H12F6N4/c1-7-5-4-6-22-8(7)19-10(11(13,14)15,12(16,17)18)20-9(22)21(2)3/h4-6H,1-3H3. The van der Waals surface area contributed by atoms with E-state index in [1.54, 1.807) is 0 Å². The lowest BCUT2D eigenvalue weighted by Gasteiger charge is -2.40. The molecule has 0 amide bonds. The predicted molar refractivity (Wildman–Crippen MR) is 68.1 cm³/mol. The van der Waals surface area contributed by atoms with E-state index in [-0.39, 0.29) is 5.57 Å². The average molecular weight is 326 g/mol. The van der Waals surface area contributed by atoms with Crippen molar-refractivity contribution in [3.63, 3.8) is 0 Å². The van der Waals surface area contributed by atoms with Crippen LogP contribution in [0.1, 0.15) is 6.92 Å². The quantitative estimate of drug-likeness (QED) is 0.641. The molecule has 0 saturated heterocycles. The minimum atomic E-state index is -5.72. The Morgan fingerprint density at radius 2 is 1.59 bits per heavy atom. The van der Waals surface area contributed by atoms with Crippen molar-refractivity contribution in [1.29, 1.82) is 0 Å². The number of fused-ring (bicyclic) bond motifs is 1. The predicted octanol–water partition coefficient (Wildman–Crippen LogP) is 2.91. The lowest BCUT2D eigenvalue weighted by molar-refractivity contribution is -0.293. The zero-order chi connectivity index (χ0) is 16.9. The van der Waals surface area contributed by atoms with Crippen molar-refractivity contribution in [2.45, 2.75) is 24.9 Å². The molecular weight excluding hydrogens is 314 g/mol. The summed E-state index contributed by atoms with van der Waals surface area (Å²) in [5.74, 6) is -0.931. The van der Waals surface area contributed by atoms with Gasteiger partial charge in [-0.2, -0.15) is 26.3 Å². The molecule has 0 unspecified atom stereocenters. The van der Waals surface area contributed by atoms with Gasteiger partial charge in [-0.25, -0.2) is 9.98 Å². The number of aliphatic imine (C=N–C) groups is 2. The SMILES string of the molecule is CC1=CC=CN2C1=NC(C(F)(F)F)(C(F)(F)F)N=C2N(C)C. The molecule has 0 aliphatic carbocycles. The third-order valence-electron chi connectivity index (χ3n) is 3.10. The molecule has 0 aromatic rings. The summed E-state index contributed by atoms with van der Waals surface area (Å²) in [6.07, 6.45) is -7.26. The molecule has 0 fully saturated rings. The van der Waals surface area contributed by atoms with Crippen LogP contribution in [0, 0.1) is 0 Å². The molecule has 10 heteroatoms. The van der Waals surface area contributed by atoms with Crippen LogP contribution in [0.5, 0.6) is 0 Å². The zero-order valence-corrected chi connectivity index (χ0v) is 11.8. The Balaban J connectivity index is 2.77.